The fourth-order valence-corrected chi connectivity index (χ4v) is 3.59. The van der Waals surface area contributed by atoms with Crippen molar-refractivity contribution in [1.82, 2.24) is 15.1 Å². The highest BCUT2D eigenvalue weighted by molar-refractivity contribution is 6.31. The number of alkyl halides is 3. The Kier molecular flexibility index (Phi) is 5.16. The zero-order valence-electron chi connectivity index (χ0n) is 12.9. The second-order valence-corrected chi connectivity index (χ2v) is 6.67. The van der Waals surface area contributed by atoms with Gasteiger partial charge in [-0.2, -0.15) is 13.2 Å². The number of rotatable bonds is 3. The molecule has 3 nitrogen and oxygen atoms in total. The van der Waals surface area contributed by atoms with Gasteiger partial charge in [0.1, 0.15) is 0 Å². The van der Waals surface area contributed by atoms with E-state index in [0.717, 1.165) is 51.8 Å². The molecule has 0 spiro atoms. The van der Waals surface area contributed by atoms with Crippen molar-refractivity contribution in [3.63, 3.8) is 0 Å². The van der Waals surface area contributed by atoms with E-state index >= 15 is 0 Å². The van der Waals surface area contributed by atoms with Gasteiger partial charge < -0.3 is 5.32 Å². The molecule has 128 valence electrons. The van der Waals surface area contributed by atoms with Crippen molar-refractivity contribution in [1.29, 1.82) is 0 Å². The monoisotopic (exact) mass is 347 g/mol. The summed E-state index contributed by atoms with van der Waals surface area (Å²) < 4.78 is 38.5. The Morgan fingerprint density at radius 3 is 2.61 bits per heavy atom. The second-order valence-electron chi connectivity index (χ2n) is 6.27. The Balaban J connectivity index is 1.64. The van der Waals surface area contributed by atoms with Crippen molar-refractivity contribution in [3.8, 4) is 0 Å². The third-order valence-electron chi connectivity index (χ3n) is 4.68. The maximum absolute atomic E-state index is 12.8. The molecule has 1 aromatic carbocycles. The van der Waals surface area contributed by atoms with E-state index in [1.54, 1.807) is 0 Å². The highest BCUT2D eigenvalue weighted by Crippen LogP contribution is 2.32. The Hall–Kier alpha value is -0.820. The van der Waals surface area contributed by atoms with Gasteiger partial charge in [-0.1, -0.05) is 11.6 Å². The fourth-order valence-electron chi connectivity index (χ4n) is 3.41. The molecular formula is C16H21ClF3N3. The van der Waals surface area contributed by atoms with Gasteiger partial charge in [-0.3, -0.25) is 9.80 Å². The van der Waals surface area contributed by atoms with Crippen molar-refractivity contribution in [2.24, 2.45) is 0 Å². The molecule has 2 heterocycles. The van der Waals surface area contributed by atoms with Gasteiger partial charge in [0, 0.05) is 56.9 Å². The molecule has 0 saturated carbocycles. The zero-order valence-corrected chi connectivity index (χ0v) is 13.6. The lowest BCUT2D eigenvalue weighted by atomic mass is 10.1. The van der Waals surface area contributed by atoms with Gasteiger partial charge in [-0.15, -0.1) is 0 Å². The lowest BCUT2D eigenvalue weighted by molar-refractivity contribution is -0.137. The molecule has 0 aromatic heterocycles. The van der Waals surface area contributed by atoms with Crippen LogP contribution in [0.25, 0.3) is 0 Å². The molecule has 1 aromatic rings. The number of likely N-dealkylation sites (tertiary alicyclic amines) is 1. The quantitative estimate of drug-likeness (QED) is 0.907. The molecule has 1 unspecified atom stereocenters. The summed E-state index contributed by atoms with van der Waals surface area (Å²) in [5.74, 6) is 0. The maximum Gasteiger partial charge on any atom is 0.416 e. The van der Waals surface area contributed by atoms with E-state index < -0.39 is 11.7 Å². The molecule has 7 heteroatoms. The van der Waals surface area contributed by atoms with Crippen LogP contribution in [0.1, 0.15) is 17.5 Å². The van der Waals surface area contributed by atoms with Crippen LogP contribution in [0.15, 0.2) is 18.2 Å². The van der Waals surface area contributed by atoms with Crippen LogP contribution in [-0.4, -0.2) is 55.1 Å². The number of halogens is 4. The average molecular weight is 348 g/mol. The van der Waals surface area contributed by atoms with Crippen molar-refractivity contribution >= 4 is 11.6 Å². The minimum atomic E-state index is -4.33. The minimum Gasteiger partial charge on any atom is -0.314 e. The van der Waals surface area contributed by atoms with Gasteiger partial charge >= 0.3 is 6.18 Å². The number of nitrogens with one attached hydrogen (secondary N) is 1. The SMILES string of the molecule is FC(F)(F)c1ccc(Cl)c(CN2CCC(N3CCNCC3)C2)c1. The van der Waals surface area contributed by atoms with Gasteiger partial charge in [0.25, 0.3) is 0 Å². The average Bonchev–Trinajstić information content (AvgIpc) is 2.98. The lowest BCUT2D eigenvalue weighted by Gasteiger charge is -2.32. The van der Waals surface area contributed by atoms with Crippen LogP contribution in [0.3, 0.4) is 0 Å². The van der Waals surface area contributed by atoms with Gasteiger partial charge in [0.05, 0.1) is 5.56 Å². The molecule has 0 aliphatic carbocycles. The first-order valence-electron chi connectivity index (χ1n) is 7.96. The van der Waals surface area contributed by atoms with Crippen molar-refractivity contribution in [3.05, 3.63) is 34.3 Å². The third kappa shape index (κ3) is 4.18. The summed E-state index contributed by atoms with van der Waals surface area (Å²) in [6.07, 6.45) is -3.26. The van der Waals surface area contributed by atoms with E-state index in [2.05, 4.69) is 15.1 Å². The molecule has 2 aliphatic heterocycles. The number of nitrogens with zero attached hydrogens (tertiary/aromatic N) is 2. The number of benzene rings is 1. The molecule has 1 N–H and O–H groups in total. The van der Waals surface area contributed by atoms with Gasteiger partial charge in [-0.25, -0.2) is 0 Å². The van der Waals surface area contributed by atoms with Crippen LogP contribution in [0.5, 0.6) is 0 Å². The number of hydrogen-bond donors (Lipinski definition) is 1. The highest BCUT2D eigenvalue weighted by Gasteiger charge is 2.32. The summed E-state index contributed by atoms with van der Waals surface area (Å²) in [4.78, 5) is 4.68. The third-order valence-corrected chi connectivity index (χ3v) is 5.05. The van der Waals surface area contributed by atoms with Crippen LogP contribution in [0, 0.1) is 0 Å². The molecule has 0 bridgehead atoms. The maximum atomic E-state index is 12.8. The Labute approximate surface area is 139 Å². The largest absolute Gasteiger partial charge is 0.416 e. The molecule has 2 fully saturated rings. The highest BCUT2D eigenvalue weighted by atomic mass is 35.5. The van der Waals surface area contributed by atoms with E-state index in [1.165, 1.54) is 12.1 Å². The van der Waals surface area contributed by atoms with Crippen LogP contribution in [-0.2, 0) is 12.7 Å². The summed E-state index contributed by atoms with van der Waals surface area (Å²) in [7, 11) is 0. The number of hydrogen-bond acceptors (Lipinski definition) is 3. The molecule has 2 saturated heterocycles. The molecule has 23 heavy (non-hydrogen) atoms. The molecular weight excluding hydrogens is 327 g/mol. The van der Waals surface area contributed by atoms with E-state index in [1.807, 2.05) is 0 Å². The first-order valence-corrected chi connectivity index (χ1v) is 8.34. The molecule has 2 aliphatic rings. The molecule has 0 radical (unpaired) electrons. The summed E-state index contributed by atoms with van der Waals surface area (Å²) in [6, 6.07) is 4.07. The Morgan fingerprint density at radius 1 is 1.17 bits per heavy atom. The van der Waals surface area contributed by atoms with E-state index in [9.17, 15) is 13.2 Å². The van der Waals surface area contributed by atoms with Crippen molar-refractivity contribution < 1.29 is 13.2 Å². The molecule has 3 rings (SSSR count). The van der Waals surface area contributed by atoms with Crippen LogP contribution >= 0.6 is 11.6 Å². The van der Waals surface area contributed by atoms with Gasteiger partial charge in [-0.05, 0) is 30.2 Å². The summed E-state index contributed by atoms with van der Waals surface area (Å²) in [5.41, 5.74) is -0.0720. The van der Waals surface area contributed by atoms with Gasteiger partial charge in [0.2, 0.25) is 0 Å². The normalized spacial score (nSPS) is 24.3. The van der Waals surface area contributed by atoms with Crippen LogP contribution in [0.4, 0.5) is 13.2 Å². The lowest BCUT2D eigenvalue weighted by Crippen LogP contribution is -2.49. The second kappa shape index (κ2) is 6.97. The van der Waals surface area contributed by atoms with E-state index in [0.29, 0.717) is 23.2 Å². The standard InChI is InChI=1S/C16H21ClF3N3/c17-15-2-1-13(16(18,19)20)9-12(15)10-22-6-3-14(11-22)23-7-4-21-5-8-23/h1-2,9,14,21H,3-8,10-11H2. The Morgan fingerprint density at radius 2 is 1.91 bits per heavy atom. The van der Waals surface area contributed by atoms with E-state index in [4.69, 9.17) is 11.6 Å². The summed E-state index contributed by atoms with van der Waals surface area (Å²) in [5, 5.41) is 3.74. The fraction of sp³-hybridized carbons (Fsp3) is 0.625. The van der Waals surface area contributed by atoms with E-state index in [-0.39, 0.29) is 0 Å². The molecule has 1 atom stereocenters. The summed E-state index contributed by atoms with van der Waals surface area (Å²) >= 11 is 6.10. The Bertz CT molecular complexity index is 544. The first-order chi connectivity index (χ1) is 10.9. The first kappa shape index (κ1) is 17.0. The van der Waals surface area contributed by atoms with Crippen molar-refractivity contribution in [2.45, 2.75) is 25.2 Å². The molecule has 0 amide bonds. The van der Waals surface area contributed by atoms with Crippen molar-refractivity contribution in [2.75, 3.05) is 39.3 Å². The zero-order chi connectivity index (χ0) is 16.4. The predicted molar refractivity (Wildman–Crippen MR) is 84.6 cm³/mol. The minimum absolute atomic E-state index is 0.406. The summed E-state index contributed by atoms with van der Waals surface area (Å²) in [6.45, 7) is 6.39. The smallest absolute Gasteiger partial charge is 0.314 e. The van der Waals surface area contributed by atoms with Crippen LogP contribution < -0.4 is 5.32 Å². The van der Waals surface area contributed by atoms with Crippen LogP contribution in [0.2, 0.25) is 5.02 Å². The number of piperazine rings is 1. The topological polar surface area (TPSA) is 18.5 Å². The predicted octanol–water partition coefficient (Wildman–Crippen LogP) is 2.84. The van der Waals surface area contributed by atoms with Gasteiger partial charge in [0.15, 0.2) is 0 Å².